The summed E-state index contributed by atoms with van der Waals surface area (Å²) in [6.07, 6.45) is 2.26. The van der Waals surface area contributed by atoms with Crippen LogP contribution < -0.4 is 5.32 Å². The van der Waals surface area contributed by atoms with Crippen molar-refractivity contribution in [2.45, 2.75) is 19.4 Å². The van der Waals surface area contributed by atoms with Crippen LogP contribution in [0.15, 0.2) is 30.3 Å². The lowest BCUT2D eigenvalue weighted by Crippen LogP contribution is -2.15. The maximum atomic E-state index is 5.39. The smallest absolute Gasteiger partial charge is 0.0700 e. The number of rotatable bonds is 10. The van der Waals surface area contributed by atoms with Crippen molar-refractivity contribution < 1.29 is 9.47 Å². The van der Waals surface area contributed by atoms with Crippen molar-refractivity contribution in [1.82, 2.24) is 5.32 Å². The van der Waals surface area contributed by atoms with Crippen molar-refractivity contribution in [2.24, 2.45) is 0 Å². The molecule has 1 rings (SSSR count). The first kappa shape index (κ1) is 14.2. The van der Waals surface area contributed by atoms with E-state index in [1.54, 1.807) is 7.11 Å². The van der Waals surface area contributed by atoms with Crippen molar-refractivity contribution >= 4 is 0 Å². The van der Waals surface area contributed by atoms with Crippen LogP contribution in [0.25, 0.3) is 0 Å². The summed E-state index contributed by atoms with van der Waals surface area (Å²) < 4.78 is 10.3. The van der Waals surface area contributed by atoms with Gasteiger partial charge in [-0.2, -0.15) is 0 Å². The third-order valence-corrected chi connectivity index (χ3v) is 2.50. The van der Waals surface area contributed by atoms with E-state index in [0.29, 0.717) is 13.2 Å². The van der Waals surface area contributed by atoms with Crippen LogP contribution in [0.2, 0.25) is 0 Å². The fourth-order valence-electron chi connectivity index (χ4n) is 1.53. The molecule has 3 heteroatoms. The molecule has 0 bridgehead atoms. The molecule has 3 nitrogen and oxygen atoms in total. The SMILES string of the molecule is COCCOCCCCNCc1ccccc1. The van der Waals surface area contributed by atoms with E-state index in [0.717, 1.165) is 32.5 Å². The lowest BCUT2D eigenvalue weighted by atomic mass is 10.2. The second-order valence-corrected chi connectivity index (χ2v) is 3.97. The first-order chi connectivity index (χ1) is 8.43. The van der Waals surface area contributed by atoms with Crippen LogP contribution in [0, 0.1) is 0 Å². The highest BCUT2D eigenvalue weighted by atomic mass is 16.5. The van der Waals surface area contributed by atoms with Gasteiger partial charge in [0.25, 0.3) is 0 Å². The summed E-state index contributed by atoms with van der Waals surface area (Å²) in [6, 6.07) is 10.5. The van der Waals surface area contributed by atoms with Gasteiger partial charge in [0.2, 0.25) is 0 Å². The fraction of sp³-hybridized carbons (Fsp3) is 0.571. The van der Waals surface area contributed by atoms with Gasteiger partial charge in [0.05, 0.1) is 13.2 Å². The van der Waals surface area contributed by atoms with Crippen molar-refractivity contribution in [2.75, 3.05) is 33.5 Å². The Morgan fingerprint density at radius 1 is 1.00 bits per heavy atom. The Balaban J connectivity index is 1.85. The third-order valence-electron chi connectivity index (χ3n) is 2.50. The molecule has 0 aliphatic heterocycles. The summed E-state index contributed by atoms with van der Waals surface area (Å²) in [5.74, 6) is 0. The van der Waals surface area contributed by atoms with Gasteiger partial charge in [-0.05, 0) is 24.9 Å². The lowest BCUT2D eigenvalue weighted by Gasteiger charge is -2.05. The molecular weight excluding hydrogens is 214 g/mol. The average Bonchev–Trinajstić information content (AvgIpc) is 2.38. The number of hydrogen-bond donors (Lipinski definition) is 1. The van der Waals surface area contributed by atoms with Crippen LogP contribution in [0.3, 0.4) is 0 Å². The number of unbranched alkanes of at least 4 members (excludes halogenated alkanes) is 1. The van der Waals surface area contributed by atoms with Gasteiger partial charge in [-0.25, -0.2) is 0 Å². The molecule has 0 fully saturated rings. The molecule has 0 radical (unpaired) electrons. The van der Waals surface area contributed by atoms with Gasteiger partial charge in [0.1, 0.15) is 0 Å². The zero-order valence-corrected chi connectivity index (χ0v) is 10.7. The molecule has 0 saturated carbocycles. The zero-order chi connectivity index (χ0) is 12.2. The van der Waals surface area contributed by atoms with Crippen LogP contribution in [0.5, 0.6) is 0 Å². The monoisotopic (exact) mass is 237 g/mol. The van der Waals surface area contributed by atoms with Gasteiger partial charge in [0, 0.05) is 20.3 Å². The van der Waals surface area contributed by atoms with Crippen LogP contribution in [0.4, 0.5) is 0 Å². The second-order valence-electron chi connectivity index (χ2n) is 3.97. The van der Waals surface area contributed by atoms with Crippen LogP contribution in [-0.2, 0) is 16.0 Å². The van der Waals surface area contributed by atoms with E-state index in [4.69, 9.17) is 9.47 Å². The molecule has 1 N–H and O–H groups in total. The first-order valence-electron chi connectivity index (χ1n) is 6.25. The fourth-order valence-corrected chi connectivity index (χ4v) is 1.53. The number of methoxy groups -OCH3 is 1. The lowest BCUT2D eigenvalue weighted by molar-refractivity contribution is 0.0688. The van der Waals surface area contributed by atoms with Gasteiger partial charge in [-0.15, -0.1) is 0 Å². The highest BCUT2D eigenvalue weighted by Gasteiger charge is 1.92. The number of benzene rings is 1. The maximum Gasteiger partial charge on any atom is 0.0700 e. The van der Waals surface area contributed by atoms with Gasteiger partial charge in [0.15, 0.2) is 0 Å². The molecule has 0 unspecified atom stereocenters. The van der Waals surface area contributed by atoms with Gasteiger partial charge >= 0.3 is 0 Å². The highest BCUT2D eigenvalue weighted by molar-refractivity contribution is 5.14. The second kappa shape index (κ2) is 10.3. The molecule has 0 heterocycles. The van der Waals surface area contributed by atoms with Gasteiger partial charge in [-0.1, -0.05) is 30.3 Å². The summed E-state index contributed by atoms with van der Waals surface area (Å²) in [6.45, 7) is 4.21. The Kier molecular flexibility index (Phi) is 8.55. The molecule has 0 spiro atoms. The van der Waals surface area contributed by atoms with Crippen LogP contribution in [0.1, 0.15) is 18.4 Å². The minimum absolute atomic E-state index is 0.687. The standard InChI is InChI=1S/C14H23NO2/c1-16-11-12-17-10-6-5-9-15-13-14-7-3-2-4-8-14/h2-4,7-8,15H,5-6,9-13H2,1H3. The summed E-state index contributed by atoms with van der Waals surface area (Å²) in [5.41, 5.74) is 1.34. The molecule has 0 aliphatic carbocycles. The van der Waals surface area contributed by atoms with E-state index in [1.165, 1.54) is 5.56 Å². The molecule has 0 amide bonds. The Hall–Kier alpha value is -0.900. The molecule has 1 aromatic carbocycles. The molecule has 0 atom stereocenters. The number of nitrogens with one attached hydrogen (secondary N) is 1. The minimum atomic E-state index is 0.687. The summed E-state index contributed by atoms with van der Waals surface area (Å²) in [7, 11) is 1.69. The van der Waals surface area contributed by atoms with E-state index < -0.39 is 0 Å². The third kappa shape index (κ3) is 7.91. The van der Waals surface area contributed by atoms with Crippen molar-refractivity contribution in [3.8, 4) is 0 Å². The van der Waals surface area contributed by atoms with Crippen molar-refractivity contribution in [3.05, 3.63) is 35.9 Å². The number of ether oxygens (including phenoxy) is 2. The van der Waals surface area contributed by atoms with E-state index in [1.807, 2.05) is 6.07 Å². The van der Waals surface area contributed by atoms with Crippen LogP contribution in [-0.4, -0.2) is 33.5 Å². The predicted molar refractivity (Wildman–Crippen MR) is 70.1 cm³/mol. The first-order valence-corrected chi connectivity index (χ1v) is 6.25. The summed E-state index contributed by atoms with van der Waals surface area (Å²) in [5, 5.41) is 3.42. The predicted octanol–water partition coefficient (Wildman–Crippen LogP) is 2.22. The Morgan fingerprint density at radius 3 is 2.59 bits per heavy atom. The highest BCUT2D eigenvalue weighted by Crippen LogP contribution is 1.97. The Labute approximate surface area is 104 Å². The zero-order valence-electron chi connectivity index (χ0n) is 10.7. The number of hydrogen-bond acceptors (Lipinski definition) is 3. The molecule has 0 saturated heterocycles. The summed E-state index contributed by atoms with van der Waals surface area (Å²) in [4.78, 5) is 0. The Bertz CT molecular complexity index is 264. The van der Waals surface area contributed by atoms with Gasteiger partial charge < -0.3 is 14.8 Å². The van der Waals surface area contributed by atoms with E-state index >= 15 is 0 Å². The van der Waals surface area contributed by atoms with Crippen LogP contribution >= 0.6 is 0 Å². The maximum absolute atomic E-state index is 5.39. The average molecular weight is 237 g/mol. The van der Waals surface area contributed by atoms with E-state index in [9.17, 15) is 0 Å². The van der Waals surface area contributed by atoms with Crippen molar-refractivity contribution in [3.63, 3.8) is 0 Å². The van der Waals surface area contributed by atoms with Gasteiger partial charge in [-0.3, -0.25) is 0 Å². The summed E-state index contributed by atoms with van der Waals surface area (Å²) >= 11 is 0. The van der Waals surface area contributed by atoms with Crippen molar-refractivity contribution in [1.29, 1.82) is 0 Å². The molecular formula is C14H23NO2. The quantitative estimate of drug-likeness (QED) is 0.633. The van der Waals surface area contributed by atoms with E-state index in [2.05, 4.69) is 29.6 Å². The molecule has 0 aliphatic rings. The van der Waals surface area contributed by atoms with E-state index in [-0.39, 0.29) is 0 Å². The topological polar surface area (TPSA) is 30.5 Å². The largest absolute Gasteiger partial charge is 0.382 e. The molecule has 96 valence electrons. The Morgan fingerprint density at radius 2 is 1.82 bits per heavy atom. The molecule has 0 aromatic heterocycles. The minimum Gasteiger partial charge on any atom is -0.382 e. The molecule has 17 heavy (non-hydrogen) atoms. The normalized spacial score (nSPS) is 10.6. The molecule has 1 aromatic rings.